The van der Waals surface area contributed by atoms with Gasteiger partial charge in [0.25, 0.3) is 0 Å². The van der Waals surface area contributed by atoms with E-state index < -0.39 is 29.2 Å². The van der Waals surface area contributed by atoms with Gasteiger partial charge >= 0.3 is 17.3 Å². The van der Waals surface area contributed by atoms with E-state index in [0.717, 1.165) is 16.3 Å². The number of pyridine rings is 1. The second-order valence-corrected chi connectivity index (χ2v) is 8.71. The van der Waals surface area contributed by atoms with E-state index in [1.807, 2.05) is 0 Å². The van der Waals surface area contributed by atoms with Crippen molar-refractivity contribution in [1.82, 2.24) is 19.1 Å². The van der Waals surface area contributed by atoms with Gasteiger partial charge in [0.05, 0.1) is 38.0 Å². The summed E-state index contributed by atoms with van der Waals surface area (Å²) in [4.78, 5) is 49.1. The molecule has 12 heteroatoms. The number of methoxy groups -OCH3 is 1. The first-order chi connectivity index (χ1) is 18.2. The van der Waals surface area contributed by atoms with Gasteiger partial charge in [-0.25, -0.2) is 28.5 Å². The molecule has 2 heterocycles. The van der Waals surface area contributed by atoms with Crippen LogP contribution in [-0.2, 0) is 16.1 Å². The Morgan fingerprint density at radius 3 is 2.45 bits per heavy atom. The van der Waals surface area contributed by atoms with Gasteiger partial charge in [-0.1, -0.05) is 23.7 Å². The SMILES string of the molecule is COC(=O)C[C@@H](C)n1c(=O)[nH]/c(=N\c2ccc(Oc3ccc(F)cn3)cc2)n(Cc2ccc(Cl)cc2)c1=O. The van der Waals surface area contributed by atoms with E-state index in [0.29, 0.717) is 16.5 Å². The molecule has 1 atom stereocenters. The highest BCUT2D eigenvalue weighted by molar-refractivity contribution is 6.30. The Balaban J connectivity index is 1.74. The molecule has 0 aliphatic heterocycles. The fourth-order valence-corrected chi connectivity index (χ4v) is 3.72. The number of carbonyl (C=O) groups excluding carboxylic acids is 1. The van der Waals surface area contributed by atoms with Crippen molar-refractivity contribution in [2.24, 2.45) is 4.99 Å². The highest BCUT2D eigenvalue weighted by Gasteiger charge is 2.18. The van der Waals surface area contributed by atoms with E-state index >= 15 is 0 Å². The monoisotopic (exact) mass is 539 g/mol. The van der Waals surface area contributed by atoms with Crippen molar-refractivity contribution >= 4 is 23.3 Å². The maximum absolute atomic E-state index is 13.5. The van der Waals surface area contributed by atoms with Gasteiger partial charge in [-0.15, -0.1) is 0 Å². The fourth-order valence-electron chi connectivity index (χ4n) is 3.59. The Hall–Kier alpha value is -4.51. The molecule has 0 saturated carbocycles. The highest BCUT2D eigenvalue weighted by Crippen LogP contribution is 2.22. The molecule has 4 rings (SSSR count). The predicted octanol–water partition coefficient (Wildman–Crippen LogP) is 3.72. The third kappa shape index (κ3) is 6.43. The number of hydrogen-bond donors (Lipinski definition) is 1. The number of ether oxygens (including phenoxy) is 2. The first-order valence-corrected chi connectivity index (χ1v) is 11.8. The number of H-pyrrole nitrogens is 1. The molecule has 0 amide bonds. The molecule has 0 fully saturated rings. The number of nitrogens with one attached hydrogen (secondary N) is 1. The molecule has 0 aliphatic rings. The summed E-state index contributed by atoms with van der Waals surface area (Å²) in [7, 11) is 1.23. The molecule has 1 N–H and O–H groups in total. The minimum absolute atomic E-state index is 0.00494. The molecule has 4 aromatic rings. The van der Waals surface area contributed by atoms with Crippen LogP contribution in [0.15, 0.2) is 81.4 Å². The van der Waals surface area contributed by atoms with E-state index in [-0.39, 0.29) is 24.5 Å². The molecule has 0 saturated heterocycles. The van der Waals surface area contributed by atoms with E-state index in [2.05, 4.69) is 19.7 Å². The average Bonchev–Trinajstić information content (AvgIpc) is 2.89. The lowest BCUT2D eigenvalue weighted by molar-refractivity contribution is -0.141. The first-order valence-electron chi connectivity index (χ1n) is 11.4. The summed E-state index contributed by atoms with van der Waals surface area (Å²) in [5.41, 5.74) is -0.209. The normalized spacial score (nSPS) is 12.3. The number of aromatic nitrogens is 4. The second kappa shape index (κ2) is 11.7. The van der Waals surface area contributed by atoms with E-state index in [1.165, 1.54) is 23.8 Å². The van der Waals surface area contributed by atoms with Gasteiger partial charge in [-0.3, -0.25) is 14.3 Å². The number of esters is 1. The average molecular weight is 540 g/mol. The van der Waals surface area contributed by atoms with Crippen molar-refractivity contribution in [3.8, 4) is 11.6 Å². The predicted molar refractivity (Wildman–Crippen MR) is 137 cm³/mol. The van der Waals surface area contributed by atoms with Crippen LogP contribution < -0.4 is 21.7 Å². The van der Waals surface area contributed by atoms with Gasteiger partial charge in [0.2, 0.25) is 11.5 Å². The summed E-state index contributed by atoms with van der Waals surface area (Å²) < 4.78 is 25.6. The summed E-state index contributed by atoms with van der Waals surface area (Å²) in [6.45, 7) is 1.65. The zero-order chi connectivity index (χ0) is 27.2. The quantitative estimate of drug-likeness (QED) is 0.341. The van der Waals surface area contributed by atoms with Crippen molar-refractivity contribution in [1.29, 1.82) is 0 Å². The minimum Gasteiger partial charge on any atom is -0.469 e. The number of rotatable bonds is 8. The zero-order valence-electron chi connectivity index (χ0n) is 20.4. The summed E-state index contributed by atoms with van der Waals surface area (Å²) in [6.07, 6.45) is 0.879. The molecular formula is C26H23ClFN5O5. The van der Waals surface area contributed by atoms with Crippen LogP contribution in [0, 0.1) is 5.82 Å². The number of hydrogen-bond acceptors (Lipinski definition) is 7. The smallest absolute Gasteiger partial charge is 0.335 e. The van der Waals surface area contributed by atoms with Crippen LogP contribution in [0.5, 0.6) is 11.6 Å². The Kier molecular flexibility index (Phi) is 8.17. The lowest BCUT2D eigenvalue weighted by Gasteiger charge is -2.15. The van der Waals surface area contributed by atoms with Crippen molar-refractivity contribution in [2.75, 3.05) is 7.11 Å². The van der Waals surface area contributed by atoms with E-state index in [1.54, 1.807) is 55.5 Å². The minimum atomic E-state index is -0.763. The Morgan fingerprint density at radius 2 is 1.82 bits per heavy atom. The third-order valence-corrected chi connectivity index (χ3v) is 5.76. The van der Waals surface area contributed by atoms with Crippen LogP contribution in [0.25, 0.3) is 0 Å². The molecule has 2 aromatic heterocycles. The lowest BCUT2D eigenvalue weighted by Crippen LogP contribution is -2.51. The molecule has 0 bridgehead atoms. The van der Waals surface area contributed by atoms with Crippen molar-refractivity contribution in [3.05, 3.63) is 110 Å². The number of benzene rings is 2. The molecule has 2 aromatic carbocycles. The van der Waals surface area contributed by atoms with Crippen LogP contribution in [-0.4, -0.2) is 32.2 Å². The number of nitrogens with zero attached hydrogens (tertiary/aromatic N) is 4. The topological polar surface area (TPSA) is 121 Å². The first kappa shape index (κ1) is 26.6. The van der Waals surface area contributed by atoms with Crippen LogP contribution in [0.3, 0.4) is 0 Å². The molecule has 0 spiro atoms. The Bertz CT molecular complexity index is 1610. The van der Waals surface area contributed by atoms with Gasteiger partial charge in [-0.2, -0.15) is 0 Å². The van der Waals surface area contributed by atoms with Crippen LogP contribution >= 0.6 is 11.6 Å². The van der Waals surface area contributed by atoms with Gasteiger partial charge in [0, 0.05) is 11.1 Å². The molecule has 196 valence electrons. The summed E-state index contributed by atoms with van der Waals surface area (Å²) in [5.74, 6) is -0.391. The van der Waals surface area contributed by atoms with Crippen LogP contribution in [0.1, 0.15) is 24.9 Å². The summed E-state index contributed by atoms with van der Waals surface area (Å²) in [5, 5.41) is 0.535. The molecule has 0 aliphatic carbocycles. The Morgan fingerprint density at radius 1 is 1.11 bits per heavy atom. The molecule has 38 heavy (non-hydrogen) atoms. The fraction of sp³-hybridized carbons (Fsp3) is 0.192. The molecule has 0 radical (unpaired) electrons. The lowest BCUT2D eigenvalue weighted by atomic mass is 10.2. The van der Waals surface area contributed by atoms with E-state index in [4.69, 9.17) is 16.3 Å². The number of carbonyl (C=O) groups is 1. The largest absolute Gasteiger partial charge is 0.469 e. The maximum atomic E-state index is 13.5. The molecule has 10 nitrogen and oxygen atoms in total. The van der Waals surface area contributed by atoms with E-state index in [9.17, 15) is 18.8 Å². The van der Waals surface area contributed by atoms with Gasteiger partial charge in [0.15, 0.2) is 0 Å². The number of halogens is 2. The van der Waals surface area contributed by atoms with Crippen molar-refractivity contribution < 1.29 is 18.7 Å². The maximum Gasteiger partial charge on any atom is 0.335 e. The third-order valence-electron chi connectivity index (χ3n) is 5.51. The van der Waals surface area contributed by atoms with Crippen molar-refractivity contribution in [3.63, 3.8) is 0 Å². The number of aromatic amines is 1. The van der Waals surface area contributed by atoms with Crippen LogP contribution in [0.2, 0.25) is 5.02 Å². The van der Waals surface area contributed by atoms with Crippen molar-refractivity contribution in [2.45, 2.75) is 25.9 Å². The molecular weight excluding hydrogens is 517 g/mol. The van der Waals surface area contributed by atoms with Gasteiger partial charge < -0.3 is 9.47 Å². The van der Waals surface area contributed by atoms with Gasteiger partial charge in [0.1, 0.15) is 11.6 Å². The second-order valence-electron chi connectivity index (χ2n) is 8.27. The Labute approximate surface area is 220 Å². The summed E-state index contributed by atoms with van der Waals surface area (Å²) in [6, 6.07) is 15.2. The van der Waals surface area contributed by atoms with Gasteiger partial charge in [-0.05, 0) is 55.0 Å². The zero-order valence-corrected chi connectivity index (χ0v) is 21.2. The van der Waals surface area contributed by atoms with Crippen LogP contribution in [0.4, 0.5) is 10.1 Å². The highest BCUT2D eigenvalue weighted by atomic mass is 35.5. The summed E-state index contributed by atoms with van der Waals surface area (Å²) >= 11 is 5.99. The molecule has 0 unspecified atom stereocenters. The standard InChI is InChI=1S/C26H23ClFN5O5/c1-16(13-23(34)37-2)33-25(35)31-24(32(26(33)36)15-17-3-5-18(27)6-4-17)30-20-8-10-21(11-9-20)38-22-12-7-19(28)14-29-22/h3-12,14,16H,13,15H2,1-2H3,(H,30,31,35)/t16-/m1/s1.